The number of hydrogen-bond donors (Lipinski definition) is 0. The Morgan fingerprint density at radius 2 is 1.32 bits per heavy atom. The van der Waals surface area contributed by atoms with Crippen LogP contribution < -0.4 is 14.5 Å². The summed E-state index contributed by atoms with van der Waals surface area (Å²) in [6, 6.07) is 55.5. The third-order valence-electron chi connectivity index (χ3n) is 12.6. The van der Waals surface area contributed by atoms with Gasteiger partial charge in [-0.1, -0.05) is 133 Å². The smallest absolute Gasteiger partial charge is 0.135 e. The van der Waals surface area contributed by atoms with Gasteiger partial charge in [0.05, 0.1) is 0 Å². The first-order valence-electron chi connectivity index (χ1n) is 21.9. The van der Waals surface area contributed by atoms with E-state index in [1.54, 1.807) is 0 Å². The average molecular weight is 993 g/mol. The minimum absolute atomic E-state index is 0. The number of ether oxygens (including phenoxy) is 1. The predicted octanol–water partition coefficient (Wildman–Crippen LogP) is 15.3. The van der Waals surface area contributed by atoms with Crippen molar-refractivity contribution in [2.75, 3.05) is 9.80 Å². The van der Waals surface area contributed by atoms with Crippen LogP contribution in [-0.4, -0.2) is 9.55 Å². The Kier molecular flexibility index (Phi) is 11.1. The Balaban J connectivity index is 0.00000490. The van der Waals surface area contributed by atoms with Crippen molar-refractivity contribution in [2.24, 2.45) is 0 Å². The van der Waals surface area contributed by atoms with E-state index < -0.39 is 0 Å². The molecule has 6 aromatic carbocycles. The van der Waals surface area contributed by atoms with E-state index in [0.29, 0.717) is 17.4 Å². The van der Waals surface area contributed by atoms with Crippen molar-refractivity contribution in [2.45, 2.75) is 90.4 Å². The number of nitrogens with zero attached hydrogens (tertiary/aromatic N) is 4. The van der Waals surface area contributed by atoms with Crippen molar-refractivity contribution >= 4 is 44.6 Å². The molecule has 0 bridgehead atoms. The molecule has 6 heteroatoms. The van der Waals surface area contributed by atoms with E-state index >= 15 is 0 Å². The first-order valence-corrected chi connectivity index (χ1v) is 21.9. The maximum absolute atomic E-state index is 6.84. The summed E-state index contributed by atoms with van der Waals surface area (Å²) in [6.45, 7) is 15.7. The third-order valence-corrected chi connectivity index (χ3v) is 12.6. The Morgan fingerprint density at radius 3 is 2.08 bits per heavy atom. The standard InChI is InChI=1S/C56H53N4O.Pt/c1-55(2,3)42-27-28-57-54(34-42)60-50-22-14-13-21-48(50)49-26-25-46(36-53(49)60)61-47-33-43(56(4,5)6)32-45(35-47)59-37-58(51-23-15-16-24-52(51)59)44-30-40(38-17-9-7-10-18-38)29-41(31-44)39-19-11-8-12-20-39;/h7,9-10,13-18,21-34,37,39H,8,11-12,19-20H2,1-6H3;/q-3;. The molecule has 62 heavy (non-hydrogen) atoms. The van der Waals surface area contributed by atoms with Gasteiger partial charge in [0, 0.05) is 61.3 Å². The largest absolute Gasteiger partial charge is 0.509 e. The van der Waals surface area contributed by atoms with Crippen LogP contribution >= 0.6 is 0 Å². The molecule has 2 aliphatic rings. The van der Waals surface area contributed by atoms with E-state index in [-0.39, 0.29) is 31.9 Å². The van der Waals surface area contributed by atoms with Gasteiger partial charge in [-0.15, -0.1) is 53.6 Å². The molecule has 8 aromatic rings. The first-order chi connectivity index (χ1) is 29.5. The zero-order valence-corrected chi connectivity index (χ0v) is 38.8. The summed E-state index contributed by atoms with van der Waals surface area (Å²) in [5, 5.41) is 2.25. The van der Waals surface area contributed by atoms with Crippen LogP contribution in [0.3, 0.4) is 0 Å². The van der Waals surface area contributed by atoms with E-state index in [2.05, 4.69) is 202 Å². The van der Waals surface area contributed by atoms with E-state index in [1.807, 2.05) is 12.3 Å². The first kappa shape index (κ1) is 41.7. The molecule has 1 aliphatic carbocycles. The molecule has 1 fully saturated rings. The normalized spacial score (nSPS) is 14.6. The van der Waals surface area contributed by atoms with Crippen LogP contribution in [0.25, 0.3) is 38.8 Å². The zero-order chi connectivity index (χ0) is 41.9. The molecule has 0 radical (unpaired) electrons. The van der Waals surface area contributed by atoms with Crippen molar-refractivity contribution in [3.63, 3.8) is 0 Å². The Bertz CT molecular complexity index is 2900. The summed E-state index contributed by atoms with van der Waals surface area (Å²) in [4.78, 5) is 9.51. The number of rotatable bonds is 7. The molecule has 0 spiro atoms. The van der Waals surface area contributed by atoms with E-state index in [1.165, 1.54) is 60.0 Å². The molecular formula is C56H53N4OPt-3. The predicted molar refractivity (Wildman–Crippen MR) is 253 cm³/mol. The second kappa shape index (κ2) is 16.6. The Labute approximate surface area is 381 Å². The fraction of sp³-hybridized carbons (Fsp3) is 0.250. The van der Waals surface area contributed by atoms with Crippen LogP contribution in [0, 0.1) is 18.8 Å². The molecule has 0 unspecified atom stereocenters. The van der Waals surface area contributed by atoms with Gasteiger partial charge in [-0.25, -0.2) is 4.98 Å². The second-order valence-corrected chi connectivity index (χ2v) is 18.9. The van der Waals surface area contributed by atoms with Crippen LogP contribution in [0.5, 0.6) is 11.5 Å². The average Bonchev–Trinajstić information content (AvgIpc) is 3.82. The molecule has 0 N–H and O–H groups in total. The van der Waals surface area contributed by atoms with Gasteiger partial charge >= 0.3 is 0 Å². The number of anilines is 4. The number of benzene rings is 6. The minimum Gasteiger partial charge on any atom is -0.509 e. The monoisotopic (exact) mass is 992 g/mol. The minimum atomic E-state index is -0.149. The van der Waals surface area contributed by atoms with E-state index in [9.17, 15) is 0 Å². The second-order valence-electron chi connectivity index (χ2n) is 18.9. The molecule has 316 valence electrons. The summed E-state index contributed by atoms with van der Waals surface area (Å²) >= 11 is 0. The van der Waals surface area contributed by atoms with Gasteiger partial charge in [0.2, 0.25) is 0 Å². The molecule has 0 saturated heterocycles. The summed E-state index contributed by atoms with van der Waals surface area (Å²) in [5.74, 6) is 2.70. The van der Waals surface area contributed by atoms with Gasteiger partial charge in [-0.05, 0) is 99.7 Å². The number of fused-ring (bicyclic) bond motifs is 4. The molecule has 0 atom stereocenters. The van der Waals surface area contributed by atoms with Gasteiger partial charge in [-0.3, -0.25) is 0 Å². The maximum atomic E-state index is 6.84. The van der Waals surface area contributed by atoms with Crippen molar-refractivity contribution < 1.29 is 25.8 Å². The molecule has 10 rings (SSSR count). The van der Waals surface area contributed by atoms with Crippen molar-refractivity contribution in [1.82, 2.24) is 9.55 Å². The summed E-state index contributed by atoms with van der Waals surface area (Å²) in [6.07, 6.45) is 8.33. The third kappa shape index (κ3) is 7.97. The zero-order valence-electron chi connectivity index (χ0n) is 36.5. The molecule has 3 heterocycles. The molecular weight excluding hydrogens is 940 g/mol. The van der Waals surface area contributed by atoms with Crippen LogP contribution in [-0.2, 0) is 31.9 Å². The molecule has 1 aliphatic heterocycles. The van der Waals surface area contributed by atoms with E-state index in [0.717, 1.165) is 50.2 Å². The molecule has 2 aromatic heterocycles. The van der Waals surface area contributed by atoms with Gasteiger partial charge < -0.3 is 19.1 Å². The molecule has 0 amide bonds. The number of para-hydroxylation sites is 3. The van der Waals surface area contributed by atoms with Crippen LogP contribution in [0.1, 0.15) is 96.3 Å². The van der Waals surface area contributed by atoms with Gasteiger partial charge in [-0.2, -0.15) is 6.07 Å². The fourth-order valence-corrected chi connectivity index (χ4v) is 9.20. The van der Waals surface area contributed by atoms with E-state index in [4.69, 9.17) is 9.72 Å². The van der Waals surface area contributed by atoms with Crippen LogP contribution in [0.15, 0.2) is 140 Å². The van der Waals surface area contributed by atoms with Crippen molar-refractivity contribution in [3.05, 3.63) is 175 Å². The SMILES string of the molecule is CC(C)(C)c1cc(Oc2[c-]c3c(cc2)c2ccccc2n3-c2cc(C(C)(C)C)ccn2)[c-]c(N2[CH-]N(c3cc(-c4ccccc4)cc(C4CCCCC4)c3)c3ccccc32)c1.[Pt]. The van der Waals surface area contributed by atoms with Gasteiger partial charge in [0.25, 0.3) is 0 Å². The number of pyridine rings is 1. The number of hydrogen-bond acceptors (Lipinski definition) is 4. The maximum Gasteiger partial charge on any atom is 0.135 e. The van der Waals surface area contributed by atoms with Crippen molar-refractivity contribution in [3.8, 4) is 28.4 Å². The van der Waals surface area contributed by atoms with Crippen LogP contribution in [0.2, 0.25) is 0 Å². The Hall–Kier alpha value is -5.64. The van der Waals surface area contributed by atoms with Crippen molar-refractivity contribution in [1.29, 1.82) is 0 Å². The van der Waals surface area contributed by atoms with Gasteiger partial charge in [0.15, 0.2) is 0 Å². The van der Waals surface area contributed by atoms with Crippen LogP contribution in [0.4, 0.5) is 22.7 Å². The fourth-order valence-electron chi connectivity index (χ4n) is 9.20. The summed E-state index contributed by atoms with van der Waals surface area (Å²) in [7, 11) is 0. The topological polar surface area (TPSA) is 33.5 Å². The summed E-state index contributed by atoms with van der Waals surface area (Å²) < 4.78 is 9.05. The Morgan fingerprint density at radius 1 is 0.613 bits per heavy atom. The number of aromatic nitrogens is 2. The molecule has 1 saturated carbocycles. The molecule has 5 nitrogen and oxygen atoms in total. The quantitative estimate of drug-likeness (QED) is 0.149. The summed E-state index contributed by atoms with van der Waals surface area (Å²) in [5.41, 5.74) is 12.5. The van der Waals surface area contributed by atoms with Gasteiger partial charge in [0.1, 0.15) is 5.82 Å².